The smallest absolute Gasteiger partial charge is 0.303 e. The van der Waals surface area contributed by atoms with Gasteiger partial charge in [0.15, 0.2) is 18.5 Å². The predicted molar refractivity (Wildman–Crippen MR) is 69.4 cm³/mol. The van der Waals surface area contributed by atoms with Gasteiger partial charge >= 0.3 is 17.9 Å². The summed E-state index contributed by atoms with van der Waals surface area (Å²) >= 11 is 0. The predicted octanol–water partition coefficient (Wildman–Crippen LogP) is -0.855. The number of hydrogen-bond acceptors (Lipinski definition) is 9. The van der Waals surface area contributed by atoms with Crippen molar-refractivity contribution in [1.82, 2.24) is 0 Å². The number of aliphatic hydroxyl groups excluding tert-OH is 1. The second-order valence-corrected chi connectivity index (χ2v) is 4.72. The van der Waals surface area contributed by atoms with Crippen LogP contribution in [0.4, 0.5) is 0 Å². The monoisotopic (exact) mass is 320 g/mol. The third kappa shape index (κ3) is 4.93. The molecule has 0 aromatic heterocycles. The Morgan fingerprint density at radius 3 is 2.00 bits per heavy atom. The summed E-state index contributed by atoms with van der Waals surface area (Å²) in [7, 11) is 1.29. The molecule has 9 nitrogen and oxygen atoms in total. The molecule has 0 spiro atoms. The Labute approximate surface area is 127 Å². The van der Waals surface area contributed by atoms with Crippen molar-refractivity contribution in [3.63, 3.8) is 0 Å². The normalized spacial score (nSPS) is 31.2. The minimum Gasteiger partial charge on any atom is -0.463 e. The number of ether oxygens (including phenoxy) is 5. The van der Waals surface area contributed by atoms with Gasteiger partial charge in [-0.3, -0.25) is 14.4 Å². The standard InChI is InChI=1S/C13H20O9/c1-6(14)19-5-9-11(20-7(2)15)12(21-8(3)16)10(17)13(18-4)22-9/h9-13,17H,5H2,1-4H3/t9-,10-,11-,12-,13-/m1/s1. The molecule has 1 heterocycles. The van der Waals surface area contributed by atoms with Gasteiger partial charge in [-0.25, -0.2) is 0 Å². The lowest BCUT2D eigenvalue weighted by Crippen LogP contribution is -2.61. The molecule has 126 valence electrons. The fraction of sp³-hybridized carbons (Fsp3) is 0.769. The van der Waals surface area contributed by atoms with Crippen LogP contribution in [0.2, 0.25) is 0 Å². The summed E-state index contributed by atoms with van der Waals surface area (Å²) in [4.78, 5) is 33.4. The average Bonchev–Trinajstić information content (AvgIpc) is 2.41. The number of rotatable bonds is 5. The molecule has 1 aliphatic rings. The molecule has 9 heteroatoms. The lowest BCUT2D eigenvalue weighted by molar-refractivity contribution is -0.299. The molecule has 5 atom stereocenters. The number of methoxy groups -OCH3 is 1. The van der Waals surface area contributed by atoms with Gasteiger partial charge in [-0.1, -0.05) is 0 Å². The second-order valence-electron chi connectivity index (χ2n) is 4.72. The molecule has 22 heavy (non-hydrogen) atoms. The highest BCUT2D eigenvalue weighted by Gasteiger charge is 2.49. The van der Waals surface area contributed by atoms with Crippen LogP contribution in [0.1, 0.15) is 20.8 Å². The van der Waals surface area contributed by atoms with Crippen molar-refractivity contribution in [3.8, 4) is 0 Å². The number of carbonyl (C=O) groups is 3. The summed E-state index contributed by atoms with van der Waals surface area (Å²) in [6.45, 7) is 3.26. The van der Waals surface area contributed by atoms with Crippen LogP contribution in [0.25, 0.3) is 0 Å². The first kappa shape index (κ1) is 18.3. The zero-order chi connectivity index (χ0) is 16.9. The van der Waals surface area contributed by atoms with Crippen LogP contribution in [0.5, 0.6) is 0 Å². The topological polar surface area (TPSA) is 118 Å². The fourth-order valence-corrected chi connectivity index (χ4v) is 2.08. The van der Waals surface area contributed by atoms with E-state index in [1.165, 1.54) is 14.0 Å². The molecule has 0 saturated carbocycles. The Kier molecular flexibility index (Phi) is 6.72. The molecule has 1 saturated heterocycles. The first-order valence-electron chi connectivity index (χ1n) is 6.60. The van der Waals surface area contributed by atoms with Crippen LogP contribution < -0.4 is 0 Å². The minimum atomic E-state index is -1.37. The SMILES string of the molecule is CO[C@@H]1O[C@H](COC(C)=O)[C@@H](OC(C)=O)[C@H](OC(C)=O)[C@H]1O. The zero-order valence-corrected chi connectivity index (χ0v) is 12.8. The van der Waals surface area contributed by atoms with Gasteiger partial charge in [0.25, 0.3) is 0 Å². The van der Waals surface area contributed by atoms with Gasteiger partial charge in [0.2, 0.25) is 0 Å². The first-order chi connectivity index (χ1) is 10.3. The largest absolute Gasteiger partial charge is 0.463 e. The van der Waals surface area contributed by atoms with Crippen LogP contribution in [0.15, 0.2) is 0 Å². The summed E-state index contributed by atoms with van der Waals surface area (Å²) in [6, 6.07) is 0. The van der Waals surface area contributed by atoms with E-state index in [0.29, 0.717) is 0 Å². The lowest BCUT2D eigenvalue weighted by atomic mass is 9.98. The molecule has 0 aliphatic carbocycles. The van der Waals surface area contributed by atoms with E-state index in [1.807, 2.05) is 0 Å². The van der Waals surface area contributed by atoms with Crippen molar-refractivity contribution in [2.75, 3.05) is 13.7 Å². The van der Waals surface area contributed by atoms with Crippen molar-refractivity contribution in [3.05, 3.63) is 0 Å². The molecular formula is C13H20O9. The molecule has 0 aromatic carbocycles. The lowest BCUT2D eigenvalue weighted by Gasteiger charge is -2.42. The van der Waals surface area contributed by atoms with Gasteiger partial charge in [-0.05, 0) is 0 Å². The summed E-state index contributed by atoms with van der Waals surface area (Å²) < 4.78 is 25.3. The van der Waals surface area contributed by atoms with E-state index in [2.05, 4.69) is 0 Å². The van der Waals surface area contributed by atoms with Crippen LogP contribution in [0.3, 0.4) is 0 Å². The third-order valence-corrected chi connectivity index (χ3v) is 2.90. The van der Waals surface area contributed by atoms with E-state index in [9.17, 15) is 19.5 Å². The van der Waals surface area contributed by atoms with Crippen molar-refractivity contribution < 1.29 is 43.2 Å². The number of esters is 3. The van der Waals surface area contributed by atoms with Crippen molar-refractivity contribution in [2.24, 2.45) is 0 Å². The molecule has 1 rings (SSSR count). The Morgan fingerprint density at radius 2 is 1.55 bits per heavy atom. The third-order valence-electron chi connectivity index (χ3n) is 2.90. The van der Waals surface area contributed by atoms with E-state index in [4.69, 9.17) is 23.7 Å². The minimum absolute atomic E-state index is 0.252. The summed E-state index contributed by atoms with van der Waals surface area (Å²) in [5, 5.41) is 10.1. The maximum atomic E-state index is 11.2. The Hall–Kier alpha value is -1.71. The molecule has 0 bridgehead atoms. The molecular weight excluding hydrogens is 300 g/mol. The molecule has 1 aliphatic heterocycles. The molecule has 1 N–H and O–H groups in total. The van der Waals surface area contributed by atoms with Gasteiger partial charge in [0.05, 0.1) is 0 Å². The van der Waals surface area contributed by atoms with Crippen LogP contribution in [0, 0.1) is 0 Å². The fourth-order valence-electron chi connectivity index (χ4n) is 2.08. The van der Waals surface area contributed by atoms with Crippen LogP contribution in [-0.4, -0.2) is 67.4 Å². The highest BCUT2D eigenvalue weighted by Crippen LogP contribution is 2.27. The molecule has 0 amide bonds. The van der Waals surface area contributed by atoms with Crippen molar-refractivity contribution >= 4 is 17.9 Å². The van der Waals surface area contributed by atoms with Crippen molar-refractivity contribution in [1.29, 1.82) is 0 Å². The van der Waals surface area contributed by atoms with Crippen LogP contribution >= 0.6 is 0 Å². The maximum Gasteiger partial charge on any atom is 0.303 e. The van der Waals surface area contributed by atoms with Crippen molar-refractivity contribution in [2.45, 2.75) is 51.5 Å². The van der Waals surface area contributed by atoms with Gasteiger partial charge < -0.3 is 28.8 Å². The van der Waals surface area contributed by atoms with Gasteiger partial charge in [0, 0.05) is 27.9 Å². The second kappa shape index (κ2) is 8.06. The molecule has 0 unspecified atom stereocenters. The Morgan fingerprint density at radius 1 is 1.00 bits per heavy atom. The Balaban J connectivity index is 3.00. The average molecular weight is 320 g/mol. The van der Waals surface area contributed by atoms with Crippen LogP contribution in [-0.2, 0) is 38.1 Å². The highest BCUT2D eigenvalue weighted by atomic mass is 16.7. The highest BCUT2D eigenvalue weighted by molar-refractivity contribution is 5.67. The summed E-state index contributed by atoms with van der Waals surface area (Å²) in [5.41, 5.74) is 0. The number of aliphatic hydroxyl groups is 1. The molecule has 0 aromatic rings. The zero-order valence-electron chi connectivity index (χ0n) is 12.8. The van der Waals surface area contributed by atoms with Gasteiger partial charge in [-0.2, -0.15) is 0 Å². The Bertz CT molecular complexity index is 422. The van der Waals surface area contributed by atoms with E-state index < -0.39 is 48.6 Å². The van der Waals surface area contributed by atoms with Gasteiger partial charge in [-0.15, -0.1) is 0 Å². The van der Waals surface area contributed by atoms with Gasteiger partial charge in [0.1, 0.15) is 18.8 Å². The maximum absolute atomic E-state index is 11.2. The first-order valence-corrected chi connectivity index (χ1v) is 6.60. The number of hydrogen-bond donors (Lipinski definition) is 1. The van der Waals surface area contributed by atoms with E-state index in [1.54, 1.807) is 0 Å². The summed E-state index contributed by atoms with van der Waals surface area (Å²) in [6.07, 6.45) is -5.79. The molecule has 0 radical (unpaired) electrons. The molecule has 1 fully saturated rings. The quantitative estimate of drug-likeness (QED) is 0.510. The summed E-state index contributed by atoms with van der Waals surface area (Å²) in [5.74, 6) is -1.90. The van der Waals surface area contributed by atoms with E-state index >= 15 is 0 Å². The van der Waals surface area contributed by atoms with E-state index in [-0.39, 0.29) is 6.61 Å². The van der Waals surface area contributed by atoms with E-state index in [0.717, 1.165) is 13.8 Å². The number of carbonyl (C=O) groups excluding carboxylic acids is 3.